The predicted molar refractivity (Wildman–Crippen MR) is 132 cm³/mol. The van der Waals surface area contributed by atoms with Crippen LogP contribution in [0.3, 0.4) is 0 Å². The predicted octanol–water partition coefficient (Wildman–Crippen LogP) is 2.87. The standard InChI is InChI=1S/C28H35N5O2/c1-19-13-24(29-30(19)2)26(35)32-16-20-5-3-4-6-23(20)27(17-32)9-11-31(12-10-27)22-14-21-7-8-25-28(21,15-22)33(25)18-34/h3-6,13,18,21-22,25H,7-12,14-17H2,1-2H3/t21?,22?,25-,28?,33?/m1/s1. The quantitative estimate of drug-likeness (QED) is 0.508. The van der Waals surface area contributed by atoms with Crippen molar-refractivity contribution in [3.63, 3.8) is 0 Å². The first kappa shape index (κ1) is 21.6. The van der Waals surface area contributed by atoms with Gasteiger partial charge in [-0.05, 0) is 81.6 Å². The molecular weight excluding hydrogens is 438 g/mol. The van der Waals surface area contributed by atoms with Gasteiger partial charge in [0.05, 0.1) is 11.6 Å². The maximum atomic E-state index is 13.5. The number of benzene rings is 1. The van der Waals surface area contributed by atoms with Gasteiger partial charge < -0.3 is 14.7 Å². The molecule has 0 bridgehead atoms. The lowest BCUT2D eigenvalue weighted by molar-refractivity contribution is -0.115. The third kappa shape index (κ3) is 2.97. The number of hydrogen-bond acceptors (Lipinski definition) is 4. The first-order valence-corrected chi connectivity index (χ1v) is 13.3. The Morgan fingerprint density at radius 3 is 2.69 bits per heavy atom. The molecule has 2 saturated carbocycles. The number of piperidine rings is 2. The van der Waals surface area contributed by atoms with Crippen molar-refractivity contribution >= 4 is 12.3 Å². The van der Waals surface area contributed by atoms with Crippen LogP contribution in [-0.2, 0) is 23.8 Å². The molecule has 3 unspecified atom stereocenters. The summed E-state index contributed by atoms with van der Waals surface area (Å²) in [6.07, 6.45) is 8.16. The van der Waals surface area contributed by atoms with Crippen molar-refractivity contribution in [2.24, 2.45) is 13.0 Å². The monoisotopic (exact) mass is 473 g/mol. The molecule has 1 aromatic heterocycles. The zero-order chi connectivity index (χ0) is 23.9. The summed E-state index contributed by atoms with van der Waals surface area (Å²) < 4.78 is 1.78. The third-order valence-electron chi connectivity index (χ3n) is 10.4. The molecule has 2 aromatic rings. The minimum Gasteiger partial charge on any atom is -0.332 e. The van der Waals surface area contributed by atoms with E-state index in [1.807, 2.05) is 24.9 Å². The summed E-state index contributed by atoms with van der Waals surface area (Å²) in [5.74, 6) is 0.741. The molecule has 2 spiro atoms. The lowest BCUT2D eigenvalue weighted by atomic mass is 9.68. The maximum Gasteiger partial charge on any atom is 0.274 e. The summed E-state index contributed by atoms with van der Waals surface area (Å²) >= 11 is 0. The number of fused-ring (bicyclic) bond motifs is 2. The van der Waals surface area contributed by atoms with Gasteiger partial charge in [0, 0.05) is 37.3 Å². The molecule has 4 fully saturated rings. The summed E-state index contributed by atoms with van der Waals surface area (Å²) in [4.78, 5) is 32.0. The van der Waals surface area contributed by atoms with Crippen LogP contribution in [0.1, 0.15) is 65.8 Å². The van der Waals surface area contributed by atoms with Crippen molar-refractivity contribution in [2.75, 3.05) is 19.6 Å². The Balaban J connectivity index is 1.11. The number of hydrogen-bond donors (Lipinski definition) is 0. The smallest absolute Gasteiger partial charge is 0.274 e. The fraction of sp³-hybridized carbons (Fsp3) is 0.607. The van der Waals surface area contributed by atoms with E-state index in [0.717, 1.165) is 51.0 Å². The number of aryl methyl sites for hydroxylation is 2. The van der Waals surface area contributed by atoms with Gasteiger partial charge in [-0.1, -0.05) is 24.3 Å². The summed E-state index contributed by atoms with van der Waals surface area (Å²) in [5, 5.41) is 4.48. The minimum absolute atomic E-state index is 0.00847. The van der Waals surface area contributed by atoms with Gasteiger partial charge in [0.25, 0.3) is 5.91 Å². The lowest BCUT2D eigenvalue weighted by Gasteiger charge is -2.49. The number of aromatic nitrogens is 2. The van der Waals surface area contributed by atoms with Crippen LogP contribution in [0.15, 0.2) is 30.3 Å². The Morgan fingerprint density at radius 2 is 1.97 bits per heavy atom. The van der Waals surface area contributed by atoms with Gasteiger partial charge in [-0.25, -0.2) is 0 Å². The summed E-state index contributed by atoms with van der Waals surface area (Å²) in [6.45, 7) is 5.55. The van der Waals surface area contributed by atoms with Crippen LogP contribution < -0.4 is 0 Å². The van der Waals surface area contributed by atoms with E-state index in [2.05, 4.69) is 39.2 Å². The number of carbonyl (C=O) groups excluding carboxylic acids is 2. The fourth-order valence-electron chi connectivity index (χ4n) is 8.49. The van der Waals surface area contributed by atoms with Gasteiger partial charge in [-0.3, -0.25) is 14.3 Å². The van der Waals surface area contributed by atoms with Crippen molar-refractivity contribution < 1.29 is 9.59 Å². The molecule has 0 radical (unpaired) electrons. The van der Waals surface area contributed by atoms with Crippen molar-refractivity contribution in [3.05, 3.63) is 52.8 Å². The first-order valence-electron chi connectivity index (χ1n) is 13.3. The summed E-state index contributed by atoms with van der Waals surface area (Å²) in [7, 11) is 1.89. The maximum absolute atomic E-state index is 13.5. The highest BCUT2D eigenvalue weighted by Gasteiger charge is 2.72. The molecular formula is C28H35N5O2. The molecule has 3 aliphatic heterocycles. The Labute approximate surface area is 207 Å². The molecule has 1 aromatic carbocycles. The van der Waals surface area contributed by atoms with E-state index in [1.54, 1.807) is 4.68 Å². The molecule has 184 valence electrons. The van der Waals surface area contributed by atoms with Gasteiger partial charge in [0.15, 0.2) is 5.69 Å². The number of nitrogens with zero attached hydrogens (tertiary/aromatic N) is 5. The second-order valence-corrected chi connectivity index (χ2v) is 11.8. The van der Waals surface area contributed by atoms with Gasteiger partial charge in [-0.2, -0.15) is 5.10 Å². The topological polar surface area (TPSA) is 61.5 Å². The van der Waals surface area contributed by atoms with Crippen LogP contribution in [0, 0.1) is 12.8 Å². The molecule has 7 rings (SSSR count). The number of likely N-dealkylation sites (tertiary alicyclic amines) is 2. The van der Waals surface area contributed by atoms with Crippen molar-refractivity contribution in [3.8, 4) is 0 Å². The highest BCUT2D eigenvalue weighted by atomic mass is 16.2. The van der Waals surface area contributed by atoms with E-state index in [4.69, 9.17) is 0 Å². The zero-order valence-corrected chi connectivity index (χ0v) is 20.8. The molecule has 0 N–H and O–H groups in total. The van der Waals surface area contributed by atoms with Gasteiger partial charge >= 0.3 is 0 Å². The van der Waals surface area contributed by atoms with E-state index in [9.17, 15) is 9.59 Å². The number of rotatable bonds is 3. The molecule has 2 amide bonds. The van der Waals surface area contributed by atoms with Crippen molar-refractivity contribution in [2.45, 2.75) is 75.0 Å². The van der Waals surface area contributed by atoms with Crippen molar-refractivity contribution in [1.29, 1.82) is 0 Å². The van der Waals surface area contributed by atoms with E-state index < -0.39 is 0 Å². The molecule has 4 heterocycles. The van der Waals surface area contributed by atoms with Crippen LogP contribution in [0.5, 0.6) is 0 Å². The Bertz CT molecular complexity index is 1180. The van der Waals surface area contributed by atoms with Gasteiger partial charge in [-0.15, -0.1) is 0 Å². The van der Waals surface area contributed by atoms with Crippen LogP contribution in [0.4, 0.5) is 0 Å². The fourth-order valence-corrected chi connectivity index (χ4v) is 8.49. The van der Waals surface area contributed by atoms with Crippen LogP contribution in [0.25, 0.3) is 0 Å². The zero-order valence-electron chi connectivity index (χ0n) is 20.8. The summed E-state index contributed by atoms with van der Waals surface area (Å²) in [5.41, 5.74) is 4.48. The Kier molecular flexibility index (Phi) is 4.58. The minimum atomic E-state index is 0.00847. The largest absolute Gasteiger partial charge is 0.332 e. The molecule has 7 nitrogen and oxygen atoms in total. The second-order valence-electron chi connectivity index (χ2n) is 11.8. The van der Waals surface area contributed by atoms with E-state index >= 15 is 0 Å². The van der Waals surface area contributed by atoms with E-state index in [1.165, 1.54) is 30.4 Å². The first-order chi connectivity index (χ1) is 16.9. The molecule has 5 aliphatic rings. The van der Waals surface area contributed by atoms with E-state index in [-0.39, 0.29) is 16.9 Å². The normalized spacial score (nSPS) is 32.9. The van der Waals surface area contributed by atoms with Gasteiger partial charge in [0.1, 0.15) is 0 Å². The highest BCUT2D eigenvalue weighted by molar-refractivity contribution is 5.92. The Hall–Kier alpha value is -2.67. The second kappa shape index (κ2) is 7.42. The highest BCUT2D eigenvalue weighted by Crippen LogP contribution is 2.64. The molecule has 4 atom stereocenters. The van der Waals surface area contributed by atoms with Crippen LogP contribution >= 0.6 is 0 Å². The van der Waals surface area contributed by atoms with Crippen LogP contribution in [0.2, 0.25) is 0 Å². The average Bonchev–Trinajstić information content (AvgIpc) is 3.15. The number of amides is 2. The van der Waals surface area contributed by atoms with Gasteiger partial charge in [0.2, 0.25) is 6.41 Å². The molecule has 35 heavy (non-hydrogen) atoms. The summed E-state index contributed by atoms with van der Waals surface area (Å²) in [6, 6.07) is 11.8. The lowest BCUT2D eigenvalue weighted by Crippen LogP contribution is -2.54. The molecule has 2 aliphatic carbocycles. The SMILES string of the molecule is Cc1cc(C(=O)N2Cc3ccccc3C3(CCN(C4CC5CC[C@H]6N(C=O)C56C4)CC3)C2)nn1C. The molecule has 7 heteroatoms. The van der Waals surface area contributed by atoms with E-state index in [0.29, 0.717) is 30.2 Å². The number of carbonyl (C=O) groups is 2. The van der Waals surface area contributed by atoms with Crippen molar-refractivity contribution in [1.82, 2.24) is 24.5 Å². The molecule has 2 saturated heterocycles. The van der Waals surface area contributed by atoms with Crippen LogP contribution in [-0.4, -0.2) is 74.1 Å². The Morgan fingerprint density at radius 1 is 1.17 bits per heavy atom. The third-order valence-corrected chi connectivity index (χ3v) is 10.4. The average molecular weight is 474 g/mol.